The van der Waals surface area contributed by atoms with Gasteiger partial charge in [-0.1, -0.05) is 38.7 Å². The first-order valence-corrected chi connectivity index (χ1v) is 9.92. The molecule has 1 aromatic carbocycles. The Morgan fingerprint density at radius 3 is 2.60 bits per heavy atom. The molecule has 25 heavy (non-hydrogen) atoms. The van der Waals surface area contributed by atoms with Crippen LogP contribution in [0.1, 0.15) is 75.5 Å². The number of nitrogens with one attached hydrogen (secondary N) is 1. The molecule has 1 atom stereocenters. The van der Waals surface area contributed by atoms with Crippen molar-refractivity contribution < 1.29 is 9.53 Å². The van der Waals surface area contributed by atoms with Crippen molar-refractivity contribution in [1.29, 1.82) is 0 Å². The van der Waals surface area contributed by atoms with Crippen LogP contribution in [0.5, 0.6) is 5.75 Å². The number of hydrogen-bond acceptors (Lipinski definition) is 3. The first-order valence-electron chi connectivity index (χ1n) is 9.92. The molecular formula is C21H34N2O2. The molecule has 3 N–H and O–H groups in total. The molecule has 1 amide bonds. The second-order valence-corrected chi connectivity index (χ2v) is 7.15. The van der Waals surface area contributed by atoms with Crippen LogP contribution in [0.3, 0.4) is 0 Å². The molecule has 0 fully saturated rings. The summed E-state index contributed by atoms with van der Waals surface area (Å²) in [4.78, 5) is 11.2. The van der Waals surface area contributed by atoms with Crippen LogP contribution in [0.2, 0.25) is 0 Å². The van der Waals surface area contributed by atoms with Gasteiger partial charge in [0.25, 0.3) is 0 Å². The van der Waals surface area contributed by atoms with E-state index in [1.165, 1.54) is 55.2 Å². The summed E-state index contributed by atoms with van der Waals surface area (Å²) in [5, 5.41) is 3.22. The third kappa shape index (κ3) is 6.03. The van der Waals surface area contributed by atoms with Gasteiger partial charge in [-0.15, -0.1) is 0 Å². The van der Waals surface area contributed by atoms with Gasteiger partial charge in [0, 0.05) is 6.54 Å². The molecule has 0 spiro atoms. The van der Waals surface area contributed by atoms with Crippen LogP contribution in [-0.4, -0.2) is 18.6 Å². The van der Waals surface area contributed by atoms with Gasteiger partial charge in [-0.25, -0.2) is 0 Å². The van der Waals surface area contributed by atoms with Crippen molar-refractivity contribution in [2.75, 3.05) is 6.61 Å². The lowest BCUT2D eigenvalue weighted by Gasteiger charge is -2.23. The number of rotatable bonds is 11. The Labute approximate surface area is 152 Å². The van der Waals surface area contributed by atoms with Gasteiger partial charge >= 0.3 is 0 Å². The number of nitrogens with two attached hydrogens (primary N) is 1. The van der Waals surface area contributed by atoms with Crippen molar-refractivity contribution in [2.24, 2.45) is 5.73 Å². The average molecular weight is 347 g/mol. The maximum atomic E-state index is 11.2. The van der Waals surface area contributed by atoms with Crippen molar-refractivity contribution in [3.8, 4) is 5.75 Å². The predicted molar refractivity (Wildman–Crippen MR) is 103 cm³/mol. The van der Waals surface area contributed by atoms with Crippen molar-refractivity contribution in [2.45, 2.75) is 84.2 Å². The Morgan fingerprint density at radius 2 is 1.88 bits per heavy atom. The highest BCUT2D eigenvalue weighted by Gasteiger charge is 2.18. The number of unbranched alkanes of at least 4 members (excludes halogenated alkanes) is 4. The molecule has 0 bridgehead atoms. The second-order valence-electron chi connectivity index (χ2n) is 7.15. The van der Waals surface area contributed by atoms with Gasteiger partial charge in [0.15, 0.2) is 0 Å². The van der Waals surface area contributed by atoms with Gasteiger partial charge < -0.3 is 15.8 Å². The Balaban J connectivity index is 1.96. The largest absolute Gasteiger partial charge is 0.493 e. The Bertz CT molecular complexity index is 557. The summed E-state index contributed by atoms with van der Waals surface area (Å²) in [7, 11) is 0. The average Bonchev–Trinajstić information content (AvgIpc) is 2.63. The predicted octanol–water partition coefficient (Wildman–Crippen LogP) is 3.88. The van der Waals surface area contributed by atoms with E-state index in [0.29, 0.717) is 6.54 Å². The molecule has 0 saturated carbocycles. The zero-order valence-corrected chi connectivity index (χ0v) is 15.9. The summed E-state index contributed by atoms with van der Waals surface area (Å²) in [5.74, 6) is 0.758. The van der Waals surface area contributed by atoms with E-state index in [1.807, 2.05) is 6.92 Å². The number of amides is 1. The summed E-state index contributed by atoms with van der Waals surface area (Å²) in [6.07, 6.45) is 10.9. The lowest BCUT2D eigenvalue weighted by molar-refractivity contribution is -0.119. The molecule has 2 rings (SSSR count). The van der Waals surface area contributed by atoms with Crippen molar-refractivity contribution in [3.63, 3.8) is 0 Å². The molecule has 140 valence electrons. The van der Waals surface area contributed by atoms with Crippen LogP contribution in [0.15, 0.2) is 12.1 Å². The summed E-state index contributed by atoms with van der Waals surface area (Å²) in [6.45, 7) is 5.55. The zero-order chi connectivity index (χ0) is 18.1. The summed E-state index contributed by atoms with van der Waals surface area (Å²) in [6, 6.07) is 3.96. The van der Waals surface area contributed by atoms with E-state index in [4.69, 9.17) is 10.5 Å². The van der Waals surface area contributed by atoms with E-state index >= 15 is 0 Å². The van der Waals surface area contributed by atoms with Crippen LogP contribution in [-0.2, 0) is 24.2 Å². The number of primary amides is 1. The number of carbonyl (C=O) groups excluding carboxylic acids is 1. The minimum atomic E-state index is -0.308. The van der Waals surface area contributed by atoms with Gasteiger partial charge in [-0.05, 0) is 61.8 Å². The van der Waals surface area contributed by atoms with E-state index in [2.05, 4.69) is 24.4 Å². The Hall–Kier alpha value is -1.55. The molecule has 1 aliphatic carbocycles. The molecular weight excluding hydrogens is 312 g/mol. The van der Waals surface area contributed by atoms with Gasteiger partial charge in [-0.2, -0.15) is 0 Å². The third-order valence-corrected chi connectivity index (χ3v) is 5.12. The molecule has 0 saturated heterocycles. The van der Waals surface area contributed by atoms with E-state index < -0.39 is 0 Å². The topological polar surface area (TPSA) is 64.3 Å². The minimum absolute atomic E-state index is 0.307. The minimum Gasteiger partial charge on any atom is -0.493 e. The highest BCUT2D eigenvalue weighted by molar-refractivity contribution is 5.79. The number of carbonyl (C=O) groups is 1. The molecule has 0 aliphatic heterocycles. The van der Waals surface area contributed by atoms with Crippen LogP contribution in [0, 0.1) is 0 Å². The number of benzene rings is 1. The molecule has 4 nitrogen and oxygen atoms in total. The van der Waals surface area contributed by atoms with E-state index in [-0.39, 0.29) is 11.9 Å². The van der Waals surface area contributed by atoms with E-state index in [1.54, 1.807) is 0 Å². The SMILES string of the molecule is CCCCCCCOc1ccc(CN[C@@H](C)C(N)=O)c2c1CCCC2. The van der Waals surface area contributed by atoms with E-state index in [9.17, 15) is 4.79 Å². The van der Waals surface area contributed by atoms with Gasteiger partial charge in [0.2, 0.25) is 5.91 Å². The molecule has 1 aromatic rings. The number of fused-ring (bicyclic) bond motifs is 1. The normalized spacial score (nSPS) is 14.8. The van der Waals surface area contributed by atoms with Gasteiger partial charge in [0.05, 0.1) is 12.6 Å². The fraction of sp³-hybridized carbons (Fsp3) is 0.667. The fourth-order valence-electron chi connectivity index (χ4n) is 3.46. The van der Waals surface area contributed by atoms with Crippen molar-refractivity contribution >= 4 is 5.91 Å². The molecule has 4 heteroatoms. The first kappa shape index (κ1) is 19.8. The third-order valence-electron chi connectivity index (χ3n) is 5.12. The lowest BCUT2D eigenvalue weighted by Crippen LogP contribution is -2.38. The monoisotopic (exact) mass is 346 g/mol. The Morgan fingerprint density at radius 1 is 1.16 bits per heavy atom. The second kappa shape index (κ2) is 10.4. The number of ether oxygens (including phenoxy) is 1. The first-order chi connectivity index (χ1) is 12.1. The van der Waals surface area contributed by atoms with Crippen LogP contribution in [0.4, 0.5) is 0 Å². The molecule has 0 unspecified atom stereocenters. The van der Waals surface area contributed by atoms with Crippen molar-refractivity contribution in [1.82, 2.24) is 5.32 Å². The van der Waals surface area contributed by atoms with E-state index in [0.717, 1.165) is 31.6 Å². The summed E-state index contributed by atoms with van der Waals surface area (Å²) >= 11 is 0. The zero-order valence-electron chi connectivity index (χ0n) is 15.9. The van der Waals surface area contributed by atoms with Crippen LogP contribution < -0.4 is 15.8 Å². The maximum absolute atomic E-state index is 11.2. The molecule has 0 aromatic heterocycles. The van der Waals surface area contributed by atoms with Crippen LogP contribution in [0.25, 0.3) is 0 Å². The number of hydrogen-bond donors (Lipinski definition) is 2. The summed E-state index contributed by atoms with van der Waals surface area (Å²) in [5.41, 5.74) is 9.41. The highest BCUT2D eigenvalue weighted by atomic mass is 16.5. The highest BCUT2D eigenvalue weighted by Crippen LogP contribution is 2.32. The van der Waals surface area contributed by atoms with Gasteiger partial charge in [-0.3, -0.25) is 4.79 Å². The Kier molecular flexibility index (Phi) is 8.26. The summed E-state index contributed by atoms with van der Waals surface area (Å²) < 4.78 is 6.11. The van der Waals surface area contributed by atoms with Gasteiger partial charge in [0.1, 0.15) is 5.75 Å². The fourth-order valence-corrected chi connectivity index (χ4v) is 3.46. The molecule has 1 aliphatic rings. The van der Waals surface area contributed by atoms with Crippen molar-refractivity contribution in [3.05, 3.63) is 28.8 Å². The quantitative estimate of drug-likeness (QED) is 0.598. The van der Waals surface area contributed by atoms with Crippen LogP contribution >= 0.6 is 0 Å². The molecule has 0 heterocycles. The standard InChI is InChI=1S/C21H34N2O2/c1-3-4-5-6-9-14-25-20-13-12-17(15-23-16(2)21(22)24)18-10-7-8-11-19(18)20/h12-13,16,23H,3-11,14-15H2,1-2H3,(H2,22,24)/t16-/m0/s1. The maximum Gasteiger partial charge on any atom is 0.234 e. The molecule has 0 radical (unpaired) electrons. The smallest absolute Gasteiger partial charge is 0.234 e. The lowest BCUT2D eigenvalue weighted by atomic mass is 9.87.